The molecule has 0 amide bonds. The van der Waals surface area contributed by atoms with Crippen LogP contribution in [-0.2, 0) is 17.7 Å². The van der Waals surface area contributed by atoms with Gasteiger partial charge in [-0.25, -0.2) is 9.78 Å². The van der Waals surface area contributed by atoms with E-state index < -0.39 is 0 Å². The average molecular weight is 419 g/mol. The summed E-state index contributed by atoms with van der Waals surface area (Å²) < 4.78 is 6.62. The lowest BCUT2D eigenvalue weighted by Gasteiger charge is -2.08. The fraction of sp³-hybridized carbons (Fsp3) is 0.208. The van der Waals surface area contributed by atoms with E-state index in [4.69, 9.17) is 4.74 Å². The van der Waals surface area contributed by atoms with Crippen molar-refractivity contribution in [3.63, 3.8) is 0 Å². The van der Waals surface area contributed by atoms with Crippen molar-refractivity contribution >= 4 is 27.5 Å². The lowest BCUT2D eigenvalue weighted by molar-refractivity contribution is 0.0526. The molecular formula is C24H22N2O3S. The fourth-order valence-electron chi connectivity index (χ4n) is 3.37. The van der Waals surface area contributed by atoms with Gasteiger partial charge in [0.05, 0.1) is 30.4 Å². The van der Waals surface area contributed by atoms with Gasteiger partial charge in [-0.15, -0.1) is 11.3 Å². The first-order valence-electron chi connectivity index (χ1n) is 9.92. The first kappa shape index (κ1) is 20.0. The van der Waals surface area contributed by atoms with Gasteiger partial charge in [-0.1, -0.05) is 43.3 Å². The van der Waals surface area contributed by atoms with Crippen LogP contribution >= 0.6 is 11.3 Å². The van der Waals surface area contributed by atoms with Crippen LogP contribution in [0.1, 0.15) is 35.3 Å². The summed E-state index contributed by atoms with van der Waals surface area (Å²) in [6.07, 6.45) is 2.57. The van der Waals surface area contributed by atoms with Crippen LogP contribution in [0.15, 0.2) is 65.0 Å². The first-order valence-corrected chi connectivity index (χ1v) is 10.8. The Kier molecular flexibility index (Phi) is 5.77. The van der Waals surface area contributed by atoms with Crippen LogP contribution < -0.4 is 5.56 Å². The van der Waals surface area contributed by atoms with Crippen molar-refractivity contribution in [3.8, 4) is 11.1 Å². The number of fused-ring (bicyclic) bond motifs is 1. The summed E-state index contributed by atoms with van der Waals surface area (Å²) in [7, 11) is 0. The maximum absolute atomic E-state index is 13.2. The van der Waals surface area contributed by atoms with Gasteiger partial charge in [0.25, 0.3) is 5.56 Å². The van der Waals surface area contributed by atoms with E-state index in [0.717, 1.165) is 27.9 Å². The summed E-state index contributed by atoms with van der Waals surface area (Å²) in [5.41, 5.74) is 4.55. The zero-order valence-corrected chi connectivity index (χ0v) is 17.7. The molecule has 5 nitrogen and oxygen atoms in total. The number of hydrogen-bond donors (Lipinski definition) is 0. The van der Waals surface area contributed by atoms with E-state index in [2.05, 4.69) is 36.2 Å². The van der Waals surface area contributed by atoms with E-state index in [9.17, 15) is 9.59 Å². The highest BCUT2D eigenvalue weighted by molar-refractivity contribution is 7.17. The van der Waals surface area contributed by atoms with Crippen molar-refractivity contribution < 1.29 is 9.53 Å². The molecule has 0 atom stereocenters. The van der Waals surface area contributed by atoms with E-state index in [1.165, 1.54) is 16.9 Å². The predicted octanol–water partition coefficient (Wildman–Crippen LogP) is 4.91. The maximum atomic E-state index is 13.2. The van der Waals surface area contributed by atoms with E-state index in [0.29, 0.717) is 24.1 Å². The Morgan fingerprint density at radius 3 is 2.40 bits per heavy atom. The third-order valence-corrected chi connectivity index (χ3v) is 5.94. The van der Waals surface area contributed by atoms with Gasteiger partial charge in [-0.05, 0) is 42.2 Å². The lowest BCUT2D eigenvalue weighted by atomic mass is 10.0. The van der Waals surface area contributed by atoms with Crippen molar-refractivity contribution in [2.45, 2.75) is 26.8 Å². The molecular weight excluding hydrogens is 396 g/mol. The molecule has 0 bridgehead atoms. The zero-order chi connectivity index (χ0) is 21.1. The molecule has 0 aliphatic rings. The van der Waals surface area contributed by atoms with Crippen LogP contribution in [0.3, 0.4) is 0 Å². The molecule has 0 radical (unpaired) electrons. The van der Waals surface area contributed by atoms with Gasteiger partial charge in [0.1, 0.15) is 4.83 Å². The van der Waals surface area contributed by atoms with Gasteiger partial charge in [-0.2, -0.15) is 0 Å². The minimum Gasteiger partial charge on any atom is -0.462 e. The normalized spacial score (nSPS) is 11.0. The van der Waals surface area contributed by atoms with Gasteiger partial charge in [0.15, 0.2) is 0 Å². The topological polar surface area (TPSA) is 61.2 Å². The van der Waals surface area contributed by atoms with Gasteiger partial charge >= 0.3 is 5.97 Å². The summed E-state index contributed by atoms with van der Waals surface area (Å²) in [5.74, 6) is -0.346. The standard InChI is InChI=1S/C24H22N2O3S/c1-3-16-5-9-18(10-6-16)20-14-30-22-21(20)23(27)26(15-25-22)13-17-7-11-19(12-8-17)24(28)29-4-2/h5-12,14-15H,3-4,13H2,1-2H3. The largest absolute Gasteiger partial charge is 0.462 e. The molecule has 0 saturated carbocycles. The van der Waals surface area contributed by atoms with Crippen LogP contribution in [0.5, 0.6) is 0 Å². The Labute approximate surface area is 178 Å². The number of hydrogen-bond acceptors (Lipinski definition) is 5. The molecule has 2 heterocycles. The maximum Gasteiger partial charge on any atom is 0.338 e. The SMILES string of the molecule is CCOC(=O)c1ccc(Cn2cnc3scc(-c4ccc(CC)cc4)c3c2=O)cc1. The summed E-state index contributed by atoms with van der Waals surface area (Å²) in [5, 5.41) is 2.65. The number of thiophene rings is 1. The molecule has 6 heteroatoms. The van der Waals surface area contributed by atoms with Crippen molar-refractivity contribution in [3.05, 3.63) is 87.3 Å². The van der Waals surface area contributed by atoms with Gasteiger partial charge in [0, 0.05) is 10.9 Å². The number of rotatable bonds is 6. The number of carbonyl (C=O) groups excluding carboxylic acids is 1. The molecule has 30 heavy (non-hydrogen) atoms. The number of ether oxygens (including phenoxy) is 1. The van der Waals surface area contributed by atoms with Crippen molar-refractivity contribution in [1.82, 2.24) is 9.55 Å². The zero-order valence-electron chi connectivity index (χ0n) is 16.9. The Hall–Kier alpha value is -3.25. The molecule has 0 spiro atoms. The van der Waals surface area contributed by atoms with Crippen molar-refractivity contribution in [2.24, 2.45) is 0 Å². The highest BCUT2D eigenvalue weighted by Crippen LogP contribution is 2.30. The van der Waals surface area contributed by atoms with Crippen molar-refractivity contribution in [1.29, 1.82) is 0 Å². The van der Waals surface area contributed by atoms with Crippen LogP contribution in [0.25, 0.3) is 21.3 Å². The molecule has 4 aromatic rings. The highest BCUT2D eigenvalue weighted by atomic mass is 32.1. The van der Waals surface area contributed by atoms with Gasteiger partial charge in [-0.3, -0.25) is 9.36 Å². The Morgan fingerprint density at radius 2 is 1.73 bits per heavy atom. The monoisotopic (exact) mass is 418 g/mol. The minimum absolute atomic E-state index is 0.0645. The minimum atomic E-state index is -0.346. The number of esters is 1. The molecule has 2 aromatic carbocycles. The van der Waals surface area contributed by atoms with E-state index in [1.54, 1.807) is 30.0 Å². The molecule has 2 aromatic heterocycles. The third-order valence-electron chi connectivity index (χ3n) is 5.05. The second kappa shape index (κ2) is 8.63. The third kappa shape index (κ3) is 3.91. The molecule has 4 rings (SSSR count). The van der Waals surface area contributed by atoms with Crippen LogP contribution in [0, 0.1) is 0 Å². The molecule has 0 fully saturated rings. The summed E-state index contributed by atoms with van der Waals surface area (Å²) in [6.45, 7) is 4.62. The molecule has 0 aliphatic heterocycles. The summed E-state index contributed by atoms with van der Waals surface area (Å²) >= 11 is 1.48. The van der Waals surface area contributed by atoms with Crippen LogP contribution in [-0.4, -0.2) is 22.1 Å². The van der Waals surface area contributed by atoms with Crippen LogP contribution in [0.4, 0.5) is 0 Å². The predicted molar refractivity (Wildman–Crippen MR) is 120 cm³/mol. The Bertz CT molecular complexity index is 1240. The molecule has 0 saturated heterocycles. The second-order valence-corrected chi connectivity index (χ2v) is 7.83. The number of aryl methyl sites for hydroxylation is 1. The summed E-state index contributed by atoms with van der Waals surface area (Å²) in [4.78, 5) is 30.3. The van der Waals surface area contributed by atoms with E-state index in [1.807, 2.05) is 17.5 Å². The second-order valence-electron chi connectivity index (χ2n) is 6.98. The smallest absolute Gasteiger partial charge is 0.338 e. The molecule has 0 aliphatic carbocycles. The average Bonchev–Trinajstić information content (AvgIpc) is 3.21. The number of carbonyl (C=O) groups is 1. The molecule has 0 N–H and O–H groups in total. The highest BCUT2D eigenvalue weighted by Gasteiger charge is 2.14. The lowest BCUT2D eigenvalue weighted by Crippen LogP contribution is -2.21. The van der Waals surface area contributed by atoms with Crippen molar-refractivity contribution in [2.75, 3.05) is 6.61 Å². The first-order chi connectivity index (χ1) is 14.6. The van der Waals surface area contributed by atoms with Gasteiger partial charge < -0.3 is 4.74 Å². The van der Waals surface area contributed by atoms with Crippen LogP contribution in [0.2, 0.25) is 0 Å². The molecule has 152 valence electrons. The number of benzene rings is 2. The number of aromatic nitrogens is 2. The Morgan fingerprint density at radius 1 is 1.03 bits per heavy atom. The summed E-state index contributed by atoms with van der Waals surface area (Å²) in [6, 6.07) is 15.4. The van der Waals surface area contributed by atoms with Gasteiger partial charge in [0.2, 0.25) is 0 Å². The molecule has 0 unspecified atom stereocenters. The number of nitrogens with zero attached hydrogens (tertiary/aromatic N) is 2. The Balaban J connectivity index is 1.66. The van der Waals surface area contributed by atoms with E-state index in [-0.39, 0.29) is 11.5 Å². The van der Waals surface area contributed by atoms with E-state index >= 15 is 0 Å². The fourth-order valence-corrected chi connectivity index (χ4v) is 4.28. The quantitative estimate of drug-likeness (QED) is 0.417.